The topological polar surface area (TPSA) is 29.4 Å². The second kappa shape index (κ2) is 5.41. The number of allylic oxidation sites excluding steroid dienone is 3. The summed E-state index contributed by atoms with van der Waals surface area (Å²) in [5.41, 5.74) is 1.07. The minimum atomic E-state index is -0.103. The van der Waals surface area contributed by atoms with Crippen LogP contribution in [0.2, 0.25) is 0 Å². The SMILES string of the molecule is C=C(/N=C(\C=C/C)c1cccs1)C(C)=O. The van der Waals surface area contributed by atoms with Crippen LogP contribution < -0.4 is 0 Å². The van der Waals surface area contributed by atoms with Crippen molar-refractivity contribution in [3.63, 3.8) is 0 Å². The molecule has 15 heavy (non-hydrogen) atoms. The molecule has 0 radical (unpaired) electrons. The van der Waals surface area contributed by atoms with Crippen molar-refractivity contribution >= 4 is 22.8 Å². The number of ketones is 1. The molecule has 78 valence electrons. The third-order valence-corrected chi connectivity index (χ3v) is 2.65. The van der Waals surface area contributed by atoms with Gasteiger partial charge in [0.1, 0.15) is 0 Å². The molecule has 0 saturated carbocycles. The lowest BCUT2D eigenvalue weighted by atomic mass is 10.2. The first kappa shape index (κ1) is 11.6. The molecule has 0 fully saturated rings. The molecule has 0 saturated heterocycles. The second-order valence-corrected chi connectivity index (χ2v) is 3.92. The summed E-state index contributed by atoms with van der Waals surface area (Å²) in [5, 5.41) is 1.98. The van der Waals surface area contributed by atoms with Crippen LogP contribution in [0.15, 0.2) is 46.9 Å². The van der Waals surface area contributed by atoms with Crippen molar-refractivity contribution in [3.05, 3.63) is 46.8 Å². The van der Waals surface area contributed by atoms with Gasteiger partial charge in [-0.2, -0.15) is 0 Å². The number of aliphatic imine (C=N–C) groups is 1. The molecule has 0 N–H and O–H groups in total. The monoisotopic (exact) mass is 219 g/mol. The number of Topliss-reactive ketones (excluding diaryl/α,β-unsaturated/α-hetero) is 1. The summed E-state index contributed by atoms with van der Waals surface area (Å²) >= 11 is 1.59. The van der Waals surface area contributed by atoms with E-state index in [0.29, 0.717) is 0 Å². The van der Waals surface area contributed by atoms with Crippen LogP contribution >= 0.6 is 11.3 Å². The van der Waals surface area contributed by atoms with Crippen LogP contribution in [0, 0.1) is 0 Å². The van der Waals surface area contributed by atoms with E-state index in [-0.39, 0.29) is 11.5 Å². The Kier molecular flexibility index (Phi) is 4.18. The van der Waals surface area contributed by atoms with E-state index in [0.717, 1.165) is 10.6 Å². The minimum absolute atomic E-state index is 0.103. The molecular formula is C12H13NOS. The van der Waals surface area contributed by atoms with E-state index in [1.54, 1.807) is 11.3 Å². The quantitative estimate of drug-likeness (QED) is 0.564. The van der Waals surface area contributed by atoms with Crippen molar-refractivity contribution in [2.75, 3.05) is 0 Å². The molecule has 0 aliphatic rings. The number of carbonyl (C=O) groups is 1. The lowest BCUT2D eigenvalue weighted by molar-refractivity contribution is -0.113. The van der Waals surface area contributed by atoms with Crippen LogP contribution in [0.3, 0.4) is 0 Å². The standard InChI is InChI=1S/C12H13NOS/c1-4-6-11(12-7-5-8-15-12)13-9(2)10(3)14/h4-8H,2H2,1,3H3/b6-4-,13-11+. The first-order chi connectivity index (χ1) is 7.15. The van der Waals surface area contributed by atoms with Gasteiger partial charge in [0.15, 0.2) is 5.78 Å². The maximum atomic E-state index is 11.0. The molecule has 1 heterocycles. The average molecular weight is 219 g/mol. The molecule has 0 amide bonds. The van der Waals surface area contributed by atoms with Crippen LogP contribution in [0.25, 0.3) is 0 Å². The van der Waals surface area contributed by atoms with E-state index in [9.17, 15) is 4.79 Å². The van der Waals surface area contributed by atoms with Crippen LogP contribution in [-0.4, -0.2) is 11.5 Å². The number of thiophene rings is 1. The van der Waals surface area contributed by atoms with Gasteiger partial charge in [0.05, 0.1) is 16.3 Å². The van der Waals surface area contributed by atoms with E-state index in [1.165, 1.54) is 6.92 Å². The third-order valence-electron chi connectivity index (χ3n) is 1.76. The molecule has 3 heteroatoms. The van der Waals surface area contributed by atoms with E-state index < -0.39 is 0 Å². The first-order valence-electron chi connectivity index (χ1n) is 4.60. The van der Waals surface area contributed by atoms with Crippen LogP contribution in [0.1, 0.15) is 18.7 Å². The van der Waals surface area contributed by atoms with E-state index in [2.05, 4.69) is 11.6 Å². The van der Waals surface area contributed by atoms with Gasteiger partial charge in [0.25, 0.3) is 0 Å². The maximum absolute atomic E-state index is 11.0. The fraction of sp³-hybridized carbons (Fsp3) is 0.167. The average Bonchev–Trinajstić information content (AvgIpc) is 2.69. The Bertz CT molecular complexity index is 413. The summed E-state index contributed by atoms with van der Waals surface area (Å²) in [6.07, 6.45) is 3.77. The van der Waals surface area contributed by atoms with Crippen molar-refractivity contribution in [1.29, 1.82) is 0 Å². The zero-order chi connectivity index (χ0) is 11.3. The zero-order valence-corrected chi connectivity index (χ0v) is 9.67. The summed E-state index contributed by atoms with van der Waals surface area (Å²) in [5.74, 6) is -0.103. The molecule has 1 aromatic heterocycles. The smallest absolute Gasteiger partial charge is 0.177 e. The van der Waals surface area contributed by atoms with Crippen molar-refractivity contribution in [1.82, 2.24) is 0 Å². The van der Waals surface area contributed by atoms with Gasteiger partial charge in [0.2, 0.25) is 0 Å². The summed E-state index contributed by atoms with van der Waals surface area (Å²) in [7, 11) is 0. The van der Waals surface area contributed by atoms with Crippen molar-refractivity contribution < 1.29 is 4.79 Å². The highest BCUT2D eigenvalue weighted by Crippen LogP contribution is 2.12. The molecule has 0 spiro atoms. The molecule has 0 aliphatic heterocycles. The molecule has 0 unspecified atom stereocenters. The van der Waals surface area contributed by atoms with E-state index >= 15 is 0 Å². The molecule has 2 nitrogen and oxygen atoms in total. The Labute approximate surface area is 93.7 Å². The molecule has 0 aromatic carbocycles. The van der Waals surface area contributed by atoms with Crippen molar-refractivity contribution in [2.24, 2.45) is 4.99 Å². The first-order valence-corrected chi connectivity index (χ1v) is 5.48. The number of carbonyl (C=O) groups excluding carboxylic acids is 1. The van der Waals surface area contributed by atoms with Gasteiger partial charge in [-0.15, -0.1) is 11.3 Å². The van der Waals surface area contributed by atoms with Gasteiger partial charge in [-0.25, -0.2) is 4.99 Å². The van der Waals surface area contributed by atoms with Gasteiger partial charge in [-0.1, -0.05) is 18.7 Å². The molecule has 1 rings (SSSR count). The lowest BCUT2D eigenvalue weighted by Gasteiger charge is -1.98. The van der Waals surface area contributed by atoms with Gasteiger partial charge >= 0.3 is 0 Å². The zero-order valence-electron chi connectivity index (χ0n) is 8.86. The summed E-state index contributed by atoms with van der Waals surface area (Å²) in [6, 6.07) is 3.92. The Hall–Kier alpha value is -1.48. The Morgan fingerprint density at radius 1 is 1.60 bits per heavy atom. The predicted octanol–water partition coefficient (Wildman–Crippen LogP) is 3.22. The molecule has 1 aromatic rings. The van der Waals surface area contributed by atoms with Crippen molar-refractivity contribution in [2.45, 2.75) is 13.8 Å². The third kappa shape index (κ3) is 3.29. The fourth-order valence-electron chi connectivity index (χ4n) is 0.981. The lowest BCUT2D eigenvalue weighted by Crippen LogP contribution is -1.98. The molecule has 0 bridgehead atoms. The van der Waals surface area contributed by atoms with Gasteiger partial charge in [-0.3, -0.25) is 4.79 Å². The highest BCUT2D eigenvalue weighted by Gasteiger charge is 2.03. The Morgan fingerprint density at radius 3 is 2.80 bits per heavy atom. The van der Waals surface area contributed by atoms with Crippen molar-refractivity contribution in [3.8, 4) is 0 Å². The van der Waals surface area contributed by atoms with E-state index in [4.69, 9.17) is 0 Å². The van der Waals surface area contributed by atoms with Crippen LogP contribution in [0.4, 0.5) is 0 Å². The van der Waals surface area contributed by atoms with Gasteiger partial charge in [0, 0.05) is 6.92 Å². The number of rotatable bonds is 4. The highest BCUT2D eigenvalue weighted by atomic mass is 32.1. The fourth-order valence-corrected chi connectivity index (χ4v) is 1.68. The predicted molar refractivity (Wildman–Crippen MR) is 65.5 cm³/mol. The largest absolute Gasteiger partial charge is 0.293 e. The Balaban J connectivity index is 3.03. The number of hydrogen-bond donors (Lipinski definition) is 0. The molecule has 0 atom stereocenters. The summed E-state index contributed by atoms with van der Waals surface area (Å²) in [4.78, 5) is 16.3. The maximum Gasteiger partial charge on any atom is 0.177 e. The number of nitrogens with zero attached hydrogens (tertiary/aromatic N) is 1. The highest BCUT2D eigenvalue weighted by molar-refractivity contribution is 7.12. The van der Waals surface area contributed by atoms with Crippen LogP contribution in [-0.2, 0) is 4.79 Å². The van der Waals surface area contributed by atoms with Crippen LogP contribution in [0.5, 0.6) is 0 Å². The normalized spacial score (nSPS) is 12.0. The summed E-state index contributed by atoms with van der Waals surface area (Å²) < 4.78 is 0. The van der Waals surface area contributed by atoms with E-state index in [1.807, 2.05) is 36.6 Å². The summed E-state index contributed by atoms with van der Waals surface area (Å²) in [6.45, 7) is 7.00. The number of hydrogen-bond acceptors (Lipinski definition) is 3. The Morgan fingerprint density at radius 2 is 2.33 bits per heavy atom. The minimum Gasteiger partial charge on any atom is -0.293 e. The second-order valence-electron chi connectivity index (χ2n) is 2.98. The molecular weight excluding hydrogens is 206 g/mol. The van der Waals surface area contributed by atoms with Gasteiger partial charge in [-0.05, 0) is 24.4 Å². The molecule has 0 aliphatic carbocycles. The van der Waals surface area contributed by atoms with Gasteiger partial charge < -0.3 is 0 Å².